The van der Waals surface area contributed by atoms with E-state index in [-0.39, 0.29) is 5.91 Å². The molecule has 0 radical (unpaired) electrons. The second-order valence-corrected chi connectivity index (χ2v) is 6.88. The van der Waals surface area contributed by atoms with Gasteiger partial charge in [0.2, 0.25) is 5.91 Å². The molecular formula is C18H23N5O2. The standard InChI is InChI=1S/C18H23N5O2/c1-12-15(13(2)25-21-12)11-18(24)23-8-6-22(7-9-23)17-10-14-4-3-5-16(14)19-20-17/h10H,3-9,11H2,1-2H3. The number of rotatable bonds is 3. The van der Waals surface area contributed by atoms with Crippen LogP contribution >= 0.6 is 0 Å². The zero-order valence-electron chi connectivity index (χ0n) is 14.8. The summed E-state index contributed by atoms with van der Waals surface area (Å²) in [6, 6.07) is 2.18. The molecule has 1 fully saturated rings. The van der Waals surface area contributed by atoms with Gasteiger partial charge in [0.1, 0.15) is 5.76 Å². The lowest BCUT2D eigenvalue weighted by Gasteiger charge is -2.35. The number of hydrogen-bond acceptors (Lipinski definition) is 6. The lowest BCUT2D eigenvalue weighted by atomic mass is 10.1. The maximum atomic E-state index is 12.6. The van der Waals surface area contributed by atoms with Crippen LogP contribution in [-0.2, 0) is 24.1 Å². The van der Waals surface area contributed by atoms with E-state index in [1.54, 1.807) is 0 Å². The van der Waals surface area contributed by atoms with Crippen LogP contribution in [0.25, 0.3) is 0 Å². The van der Waals surface area contributed by atoms with E-state index in [0.717, 1.165) is 54.5 Å². The lowest BCUT2D eigenvalue weighted by Crippen LogP contribution is -2.49. The zero-order chi connectivity index (χ0) is 17.4. The number of hydrogen-bond donors (Lipinski definition) is 0. The molecule has 0 saturated carbocycles. The highest BCUT2D eigenvalue weighted by Crippen LogP contribution is 2.23. The van der Waals surface area contributed by atoms with Crippen molar-refractivity contribution in [2.24, 2.45) is 0 Å². The molecule has 0 spiro atoms. The third kappa shape index (κ3) is 3.10. The normalized spacial score (nSPS) is 17.0. The molecule has 0 aromatic carbocycles. The van der Waals surface area contributed by atoms with Gasteiger partial charge in [-0.15, -0.1) is 5.10 Å². The molecule has 3 heterocycles. The number of carbonyl (C=O) groups is 1. The van der Waals surface area contributed by atoms with Crippen LogP contribution in [0.15, 0.2) is 10.6 Å². The topological polar surface area (TPSA) is 75.4 Å². The van der Waals surface area contributed by atoms with Crippen LogP contribution in [-0.4, -0.2) is 52.3 Å². The number of piperazine rings is 1. The number of anilines is 1. The molecule has 2 aromatic rings. The van der Waals surface area contributed by atoms with Crippen molar-refractivity contribution in [2.45, 2.75) is 39.5 Å². The van der Waals surface area contributed by atoms with Crippen LogP contribution in [0.5, 0.6) is 0 Å². The van der Waals surface area contributed by atoms with Crippen molar-refractivity contribution in [1.82, 2.24) is 20.3 Å². The fourth-order valence-electron chi connectivity index (χ4n) is 3.67. The summed E-state index contributed by atoms with van der Waals surface area (Å²) in [6.07, 6.45) is 3.69. The van der Waals surface area contributed by atoms with Gasteiger partial charge in [-0.1, -0.05) is 5.16 Å². The summed E-state index contributed by atoms with van der Waals surface area (Å²) in [5.74, 6) is 1.81. The highest BCUT2D eigenvalue weighted by Gasteiger charge is 2.25. The van der Waals surface area contributed by atoms with E-state index >= 15 is 0 Å². The molecule has 0 unspecified atom stereocenters. The van der Waals surface area contributed by atoms with Gasteiger partial charge in [0.25, 0.3) is 0 Å². The van der Waals surface area contributed by atoms with Crippen molar-refractivity contribution >= 4 is 11.7 Å². The van der Waals surface area contributed by atoms with Gasteiger partial charge in [-0.05, 0) is 44.7 Å². The van der Waals surface area contributed by atoms with Gasteiger partial charge in [0.15, 0.2) is 5.82 Å². The fourth-order valence-corrected chi connectivity index (χ4v) is 3.67. The predicted molar refractivity (Wildman–Crippen MR) is 92.5 cm³/mol. The molecule has 4 rings (SSSR count). The van der Waals surface area contributed by atoms with Crippen LogP contribution in [0.4, 0.5) is 5.82 Å². The van der Waals surface area contributed by atoms with Crippen molar-refractivity contribution in [2.75, 3.05) is 31.1 Å². The maximum absolute atomic E-state index is 12.6. The molecule has 1 amide bonds. The SMILES string of the molecule is Cc1noc(C)c1CC(=O)N1CCN(c2cc3c(nn2)CCC3)CC1. The number of nitrogens with zero attached hydrogens (tertiary/aromatic N) is 5. The first-order chi connectivity index (χ1) is 12.1. The van der Waals surface area contributed by atoms with Crippen LogP contribution in [0.3, 0.4) is 0 Å². The van der Waals surface area contributed by atoms with E-state index < -0.39 is 0 Å². The van der Waals surface area contributed by atoms with Crippen LogP contribution < -0.4 is 4.90 Å². The van der Waals surface area contributed by atoms with Crippen molar-refractivity contribution in [3.05, 3.63) is 34.3 Å². The van der Waals surface area contributed by atoms with Crippen molar-refractivity contribution in [3.63, 3.8) is 0 Å². The van der Waals surface area contributed by atoms with Gasteiger partial charge >= 0.3 is 0 Å². The molecule has 1 aliphatic heterocycles. The van der Waals surface area contributed by atoms with Crippen molar-refractivity contribution in [1.29, 1.82) is 0 Å². The van der Waals surface area contributed by atoms with Crippen molar-refractivity contribution < 1.29 is 9.32 Å². The van der Waals surface area contributed by atoms with Gasteiger partial charge in [0, 0.05) is 31.7 Å². The minimum absolute atomic E-state index is 0.133. The Morgan fingerprint density at radius 3 is 2.68 bits per heavy atom. The highest BCUT2D eigenvalue weighted by atomic mass is 16.5. The highest BCUT2D eigenvalue weighted by molar-refractivity contribution is 5.79. The molecule has 7 heteroatoms. The Labute approximate surface area is 147 Å². The van der Waals surface area contributed by atoms with Gasteiger partial charge < -0.3 is 14.3 Å². The summed E-state index contributed by atoms with van der Waals surface area (Å²) in [7, 11) is 0. The molecular weight excluding hydrogens is 318 g/mol. The van der Waals surface area contributed by atoms with Crippen LogP contribution in [0.1, 0.15) is 34.7 Å². The Morgan fingerprint density at radius 2 is 1.96 bits per heavy atom. The van der Waals surface area contributed by atoms with Crippen LogP contribution in [0, 0.1) is 13.8 Å². The quantitative estimate of drug-likeness (QED) is 0.841. The molecule has 1 aliphatic carbocycles. The van der Waals surface area contributed by atoms with E-state index in [4.69, 9.17) is 4.52 Å². The van der Waals surface area contributed by atoms with Crippen molar-refractivity contribution in [3.8, 4) is 0 Å². The van der Waals surface area contributed by atoms with E-state index in [2.05, 4.69) is 26.3 Å². The minimum Gasteiger partial charge on any atom is -0.361 e. The molecule has 0 bridgehead atoms. The second kappa shape index (κ2) is 6.46. The number of aryl methyl sites for hydroxylation is 4. The Bertz CT molecular complexity index is 773. The van der Waals surface area contributed by atoms with Crippen LogP contribution in [0.2, 0.25) is 0 Å². The zero-order valence-corrected chi connectivity index (χ0v) is 14.8. The number of aromatic nitrogens is 3. The third-order valence-electron chi connectivity index (χ3n) is 5.27. The summed E-state index contributed by atoms with van der Waals surface area (Å²) in [5, 5.41) is 12.7. The Morgan fingerprint density at radius 1 is 1.16 bits per heavy atom. The number of fused-ring (bicyclic) bond motifs is 1. The molecule has 1 saturated heterocycles. The predicted octanol–water partition coefficient (Wildman–Crippen LogP) is 1.46. The number of carbonyl (C=O) groups excluding carboxylic acids is 1. The van der Waals surface area contributed by atoms with E-state index in [1.807, 2.05) is 18.7 Å². The van der Waals surface area contributed by atoms with E-state index in [1.165, 1.54) is 12.0 Å². The summed E-state index contributed by atoms with van der Waals surface area (Å²) in [5.41, 5.74) is 4.20. The van der Waals surface area contributed by atoms with Gasteiger partial charge in [0.05, 0.1) is 17.8 Å². The summed E-state index contributed by atoms with van der Waals surface area (Å²) < 4.78 is 5.15. The molecule has 25 heavy (non-hydrogen) atoms. The molecule has 132 valence electrons. The Hall–Kier alpha value is -2.44. The summed E-state index contributed by atoms with van der Waals surface area (Å²) >= 11 is 0. The molecule has 0 atom stereocenters. The maximum Gasteiger partial charge on any atom is 0.227 e. The molecule has 0 N–H and O–H groups in total. The molecule has 2 aliphatic rings. The first kappa shape index (κ1) is 16.1. The fraction of sp³-hybridized carbons (Fsp3) is 0.556. The lowest BCUT2D eigenvalue weighted by molar-refractivity contribution is -0.130. The second-order valence-electron chi connectivity index (χ2n) is 6.88. The van der Waals surface area contributed by atoms with Gasteiger partial charge in [-0.3, -0.25) is 4.79 Å². The summed E-state index contributed by atoms with van der Waals surface area (Å²) in [4.78, 5) is 16.7. The first-order valence-corrected chi connectivity index (χ1v) is 8.92. The minimum atomic E-state index is 0.133. The Balaban J connectivity index is 1.37. The number of amides is 1. The average Bonchev–Trinajstić information content (AvgIpc) is 3.22. The molecule has 7 nitrogen and oxygen atoms in total. The Kier molecular flexibility index (Phi) is 4.15. The summed E-state index contributed by atoms with van der Waals surface area (Å²) in [6.45, 7) is 6.74. The smallest absolute Gasteiger partial charge is 0.227 e. The average molecular weight is 341 g/mol. The first-order valence-electron chi connectivity index (χ1n) is 8.92. The third-order valence-corrected chi connectivity index (χ3v) is 5.27. The molecule has 2 aromatic heterocycles. The van der Waals surface area contributed by atoms with E-state index in [0.29, 0.717) is 19.5 Å². The van der Waals surface area contributed by atoms with Gasteiger partial charge in [-0.2, -0.15) is 5.10 Å². The largest absolute Gasteiger partial charge is 0.361 e. The monoisotopic (exact) mass is 341 g/mol. The van der Waals surface area contributed by atoms with Gasteiger partial charge in [-0.25, -0.2) is 0 Å². The van der Waals surface area contributed by atoms with E-state index in [9.17, 15) is 4.79 Å².